The predicted molar refractivity (Wildman–Crippen MR) is 50.2 cm³/mol. The molecule has 0 rings (SSSR count). The predicted octanol–water partition coefficient (Wildman–Crippen LogP) is -0.644. The maximum Gasteiger partial charge on any atom is 0.109 e. The van der Waals surface area contributed by atoms with E-state index in [4.69, 9.17) is 17.2 Å². The quantitative estimate of drug-likeness (QED) is 0.417. The Hall–Kier alpha value is -0.160. The second kappa shape index (κ2) is 4.77. The molecule has 2 atom stereocenters. The van der Waals surface area contributed by atoms with Gasteiger partial charge in [-0.25, -0.2) is 0 Å². The van der Waals surface area contributed by atoms with Crippen LogP contribution in [0.15, 0.2) is 0 Å². The van der Waals surface area contributed by atoms with Crippen molar-refractivity contribution in [2.75, 3.05) is 6.54 Å². The summed E-state index contributed by atoms with van der Waals surface area (Å²) in [5, 5.41) is 9.22. The van der Waals surface area contributed by atoms with Gasteiger partial charge in [0.25, 0.3) is 0 Å². The summed E-state index contributed by atoms with van der Waals surface area (Å²) >= 11 is 0. The molecule has 0 amide bonds. The minimum absolute atomic E-state index is 0.0963. The van der Waals surface area contributed by atoms with Gasteiger partial charge in [-0.2, -0.15) is 0 Å². The smallest absolute Gasteiger partial charge is 0.109 e. The molecule has 12 heavy (non-hydrogen) atoms. The number of nitrogens with two attached hydrogens (primary N) is 3. The molecule has 74 valence electrons. The molecule has 0 radical (unpaired) electrons. The van der Waals surface area contributed by atoms with E-state index < -0.39 is 11.6 Å². The highest BCUT2D eigenvalue weighted by molar-refractivity contribution is 4.84. The number of rotatable bonds is 5. The summed E-state index contributed by atoms with van der Waals surface area (Å²) in [7, 11) is 0. The Labute approximate surface area is 74.1 Å². The van der Waals surface area contributed by atoms with E-state index in [-0.39, 0.29) is 6.04 Å². The third kappa shape index (κ3) is 3.06. The Balaban J connectivity index is 3.97. The standard InChI is InChI=1S/C8H21N3O/c1-8(2,7(11)12)6(10)4-3-5-9/h6-7,12H,3-5,9-11H2,1-2H3. The Morgan fingerprint density at radius 2 is 1.83 bits per heavy atom. The van der Waals surface area contributed by atoms with Gasteiger partial charge >= 0.3 is 0 Å². The van der Waals surface area contributed by atoms with Gasteiger partial charge in [0, 0.05) is 11.5 Å². The molecular formula is C8H21N3O. The van der Waals surface area contributed by atoms with E-state index in [1.54, 1.807) is 0 Å². The highest BCUT2D eigenvalue weighted by atomic mass is 16.3. The zero-order valence-corrected chi connectivity index (χ0v) is 7.96. The van der Waals surface area contributed by atoms with E-state index in [9.17, 15) is 5.11 Å². The summed E-state index contributed by atoms with van der Waals surface area (Å²) in [6.07, 6.45) is 0.806. The largest absolute Gasteiger partial charge is 0.378 e. The first kappa shape index (κ1) is 11.8. The molecule has 7 N–H and O–H groups in total. The van der Waals surface area contributed by atoms with Crippen molar-refractivity contribution in [1.82, 2.24) is 0 Å². The van der Waals surface area contributed by atoms with Crippen molar-refractivity contribution in [2.24, 2.45) is 22.6 Å². The molecule has 0 saturated heterocycles. The van der Waals surface area contributed by atoms with Gasteiger partial charge in [-0.05, 0) is 19.4 Å². The Morgan fingerprint density at radius 1 is 1.33 bits per heavy atom. The molecule has 2 unspecified atom stereocenters. The maximum absolute atomic E-state index is 9.22. The summed E-state index contributed by atoms with van der Waals surface area (Å²) in [5.74, 6) is 0. The second-order valence-electron chi connectivity index (χ2n) is 3.80. The molecular weight excluding hydrogens is 154 g/mol. The molecule has 0 saturated carbocycles. The van der Waals surface area contributed by atoms with Crippen LogP contribution in [0.5, 0.6) is 0 Å². The van der Waals surface area contributed by atoms with Gasteiger partial charge in [0.05, 0.1) is 0 Å². The van der Waals surface area contributed by atoms with Crippen molar-refractivity contribution < 1.29 is 5.11 Å². The van der Waals surface area contributed by atoms with Gasteiger partial charge in [-0.3, -0.25) is 0 Å². The molecule has 0 heterocycles. The number of hydrogen-bond acceptors (Lipinski definition) is 4. The van der Waals surface area contributed by atoms with Gasteiger partial charge in [0.15, 0.2) is 0 Å². The molecule has 0 aliphatic rings. The highest BCUT2D eigenvalue weighted by Crippen LogP contribution is 2.23. The van der Waals surface area contributed by atoms with Crippen LogP contribution in [0.25, 0.3) is 0 Å². The average Bonchev–Trinajstić information content (AvgIpc) is 1.99. The van der Waals surface area contributed by atoms with Crippen molar-refractivity contribution in [3.63, 3.8) is 0 Å². The molecule has 0 aromatic carbocycles. The summed E-state index contributed by atoms with van der Waals surface area (Å²) in [6.45, 7) is 4.35. The highest BCUT2D eigenvalue weighted by Gasteiger charge is 2.31. The first-order chi connectivity index (χ1) is 5.42. The van der Waals surface area contributed by atoms with Crippen LogP contribution in [-0.4, -0.2) is 23.9 Å². The second-order valence-corrected chi connectivity index (χ2v) is 3.80. The van der Waals surface area contributed by atoms with Crippen LogP contribution in [0.4, 0.5) is 0 Å². The fourth-order valence-corrected chi connectivity index (χ4v) is 0.929. The summed E-state index contributed by atoms with van der Waals surface area (Å²) in [5.41, 5.74) is 16.1. The van der Waals surface area contributed by atoms with E-state index in [0.29, 0.717) is 6.54 Å². The summed E-state index contributed by atoms with van der Waals surface area (Å²) in [6, 6.07) is -0.0963. The van der Waals surface area contributed by atoms with E-state index >= 15 is 0 Å². The van der Waals surface area contributed by atoms with Crippen molar-refractivity contribution in [1.29, 1.82) is 0 Å². The van der Waals surface area contributed by atoms with Gasteiger partial charge in [-0.15, -0.1) is 0 Å². The molecule has 4 nitrogen and oxygen atoms in total. The third-order valence-corrected chi connectivity index (χ3v) is 2.44. The van der Waals surface area contributed by atoms with E-state index in [1.165, 1.54) is 0 Å². The van der Waals surface area contributed by atoms with Gasteiger partial charge < -0.3 is 22.3 Å². The van der Waals surface area contributed by atoms with Crippen molar-refractivity contribution in [3.05, 3.63) is 0 Å². The first-order valence-electron chi connectivity index (χ1n) is 4.32. The minimum Gasteiger partial charge on any atom is -0.378 e. The zero-order valence-electron chi connectivity index (χ0n) is 7.96. The summed E-state index contributed by atoms with van der Waals surface area (Å²) < 4.78 is 0. The van der Waals surface area contributed by atoms with E-state index in [0.717, 1.165) is 12.8 Å². The third-order valence-electron chi connectivity index (χ3n) is 2.44. The van der Waals surface area contributed by atoms with Crippen LogP contribution in [0.1, 0.15) is 26.7 Å². The topological polar surface area (TPSA) is 98.3 Å². The molecule has 0 bridgehead atoms. The van der Waals surface area contributed by atoms with Crippen LogP contribution < -0.4 is 17.2 Å². The fourth-order valence-electron chi connectivity index (χ4n) is 0.929. The Bertz CT molecular complexity index is 125. The lowest BCUT2D eigenvalue weighted by molar-refractivity contribution is 0.0343. The lowest BCUT2D eigenvalue weighted by Gasteiger charge is -2.34. The van der Waals surface area contributed by atoms with E-state index in [1.807, 2.05) is 13.8 Å². The van der Waals surface area contributed by atoms with Gasteiger partial charge in [0.2, 0.25) is 0 Å². The molecule has 4 heteroatoms. The number of aliphatic hydroxyl groups excluding tert-OH is 1. The first-order valence-corrected chi connectivity index (χ1v) is 4.32. The van der Waals surface area contributed by atoms with Gasteiger partial charge in [-0.1, -0.05) is 13.8 Å². The molecule has 0 fully saturated rings. The lowest BCUT2D eigenvalue weighted by atomic mass is 9.81. The van der Waals surface area contributed by atoms with Gasteiger partial charge in [0.1, 0.15) is 6.23 Å². The normalized spacial score (nSPS) is 17.5. The molecule has 0 aliphatic heterocycles. The Morgan fingerprint density at radius 3 is 2.17 bits per heavy atom. The fraction of sp³-hybridized carbons (Fsp3) is 1.00. The van der Waals surface area contributed by atoms with Crippen molar-refractivity contribution >= 4 is 0 Å². The SMILES string of the molecule is CC(C)(C(N)O)C(N)CCCN. The van der Waals surface area contributed by atoms with Crippen LogP contribution in [-0.2, 0) is 0 Å². The average molecular weight is 175 g/mol. The lowest BCUT2D eigenvalue weighted by Crippen LogP contribution is -2.49. The minimum atomic E-state index is -0.870. The van der Waals surface area contributed by atoms with Crippen molar-refractivity contribution in [2.45, 2.75) is 39.0 Å². The molecule has 0 aromatic rings. The van der Waals surface area contributed by atoms with Crippen LogP contribution >= 0.6 is 0 Å². The Kier molecular flexibility index (Phi) is 4.70. The van der Waals surface area contributed by atoms with Crippen LogP contribution in [0.3, 0.4) is 0 Å². The summed E-state index contributed by atoms with van der Waals surface area (Å²) in [4.78, 5) is 0. The van der Waals surface area contributed by atoms with Crippen molar-refractivity contribution in [3.8, 4) is 0 Å². The molecule has 0 aliphatic carbocycles. The van der Waals surface area contributed by atoms with Crippen LogP contribution in [0.2, 0.25) is 0 Å². The van der Waals surface area contributed by atoms with E-state index in [2.05, 4.69) is 0 Å². The molecule has 0 aromatic heterocycles. The number of aliphatic hydroxyl groups is 1. The molecule has 0 spiro atoms. The zero-order chi connectivity index (χ0) is 9.78. The monoisotopic (exact) mass is 175 g/mol. The van der Waals surface area contributed by atoms with Crippen LogP contribution in [0, 0.1) is 5.41 Å². The maximum atomic E-state index is 9.22. The number of hydrogen-bond donors (Lipinski definition) is 4.